The highest BCUT2D eigenvalue weighted by atomic mass is 28.3. The van der Waals surface area contributed by atoms with Crippen LogP contribution in [0.25, 0.3) is 0 Å². The number of ether oxygens (including phenoxy) is 2. The van der Waals surface area contributed by atoms with E-state index in [0.29, 0.717) is 24.4 Å². The molecule has 1 saturated heterocycles. The van der Waals surface area contributed by atoms with Crippen LogP contribution in [0.4, 0.5) is 0 Å². The second-order valence-corrected chi connectivity index (χ2v) is 20.6. The van der Waals surface area contributed by atoms with Gasteiger partial charge in [-0.05, 0) is 10.1 Å². The predicted octanol–water partition coefficient (Wildman–Crippen LogP) is 4.71. The maximum absolute atomic E-state index is 12.8. The molecular formula is C22H34O3Si2. The van der Waals surface area contributed by atoms with Crippen LogP contribution in [0.5, 0.6) is 0 Å². The van der Waals surface area contributed by atoms with E-state index in [-0.39, 0.29) is 15.9 Å². The zero-order valence-corrected chi connectivity index (χ0v) is 20.6. The molecule has 1 fully saturated rings. The lowest BCUT2D eigenvalue weighted by molar-refractivity contribution is -0.168. The highest BCUT2D eigenvalue weighted by molar-refractivity contribution is 6.88. The van der Waals surface area contributed by atoms with Gasteiger partial charge < -0.3 is 9.47 Å². The van der Waals surface area contributed by atoms with Crippen LogP contribution >= 0.6 is 0 Å². The Morgan fingerprint density at radius 1 is 0.815 bits per heavy atom. The van der Waals surface area contributed by atoms with Crippen molar-refractivity contribution in [3.8, 4) is 22.9 Å². The van der Waals surface area contributed by atoms with Crippen molar-refractivity contribution in [3.63, 3.8) is 0 Å². The second kappa shape index (κ2) is 6.74. The fraction of sp³-hybridized carbons (Fsp3) is 0.682. The molecule has 0 atom stereocenters. The Hall–Kier alpha value is -1.12. The second-order valence-electron chi connectivity index (χ2n) is 10.6. The monoisotopic (exact) mass is 402 g/mol. The van der Waals surface area contributed by atoms with Gasteiger partial charge in [0.15, 0.2) is 0 Å². The zero-order chi connectivity index (χ0) is 20.9. The number of hydrogen-bond acceptors (Lipinski definition) is 3. The number of ketones is 1. The molecule has 1 spiro atoms. The summed E-state index contributed by atoms with van der Waals surface area (Å²) in [6.07, 6.45) is 0. The van der Waals surface area contributed by atoms with Crippen LogP contribution in [0, 0.1) is 22.9 Å². The third-order valence-corrected chi connectivity index (χ3v) is 15.5. The molecule has 5 heteroatoms. The Balaban J connectivity index is 2.53. The maximum Gasteiger partial charge on any atom is 0.271 e. The molecule has 0 N–H and O–H groups in total. The summed E-state index contributed by atoms with van der Waals surface area (Å²) in [6, 6.07) is 0. The summed E-state index contributed by atoms with van der Waals surface area (Å²) in [6.45, 7) is 23.2. The number of Topliss-reactive ketones (excluding diaryl/α,β-unsaturated/α-hetero) is 1. The molecule has 1 heterocycles. The average Bonchev–Trinajstić information content (AvgIpc) is 2.99. The third kappa shape index (κ3) is 3.89. The molecule has 1 aliphatic carbocycles. The third-order valence-electron chi connectivity index (χ3n) is 6.55. The number of hydrogen-bond donors (Lipinski definition) is 0. The summed E-state index contributed by atoms with van der Waals surface area (Å²) in [4.78, 5) is 12.8. The van der Waals surface area contributed by atoms with Crippen LogP contribution in [-0.4, -0.2) is 40.9 Å². The van der Waals surface area contributed by atoms with Gasteiger partial charge in [-0.2, -0.15) is 0 Å². The van der Waals surface area contributed by atoms with Crippen molar-refractivity contribution in [2.24, 2.45) is 0 Å². The summed E-state index contributed by atoms with van der Waals surface area (Å²) < 4.78 is 11.4. The Morgan fingerprint density at radius 2 is 1.22 bits per heavy atom. The molecular weight excluding hydrogens is 368 g/mol. The summed E-state index contributed by atoms with van der Waals surface area (Å²) in [5, 5.41) is 0.282. The van der Waals surface area contributed by atoms with Crippen molar-refractivity contribution in [1.29, 1.82) is 0 Å². The minimum atomic E-state index is -1.82. The molecule has 0 radical (unpaired) electrons. The van der Waals surface area contributed by atoms with Crippen LogP contribution in [0.3, 0.4) is 0 Å². The van der Waals surface area contributed by atoms with Gasteiger partial charge >= 0.3 is 0 Å². The Bertz CT molecular complexity index is 791. The van der Waals surface area contributed by atoms with Gasteiger partial charge in [0, 0.05) is 0 Å². The van der Waals surface area contributed by atoms with Crippen molar-refractivity contribution in [2.75, 3.05) is 13.2 Å². The summed E-state index contributed by atoms with van der Waals surface area (Å²) >= 11 is 0. The van der Waals surface area contributed by atoms with Gasteiger partial charge in [0.2, 0.25) is 5.78 Å². The molecule has 0 saturated carbocycles. The maximum atomic E-state index is 12.8. The van der Waals surface area contributed by atoms with Gasteiger partial charge in [0.1, 0.15) is 16.1 Å². The molecule has 0 aromatic carbocycles. The molecule has 2 aliphatic rings. The van der Waals surface area contributed by atoms with E-state index in [0.717, 1.165) is 0 Å². The van der Waals surface area contributed by atoms with E-state index in [1.54, 1.807) is 0 Å². The van der Waals surface area contributed by atoms with Crippen LogP contribution < -0.4 is 0 Å². The Morgan fingerprint density at radius 3 is 1.63 bits per heavy atom. The van der Waals surface area contributed by atoms with Crippen molar-refractivity contribution >= 4 is 21.9 Å². The van der Waals surface area contributed by atoms with E-state index in [2.05, 4.69) is 90.7 Å². The van der Waals surface area contributed by atoms with E-state index in [9.17, 15) is 4.79 Å². The fourth-order valence-electron chi connectivity index (χ4n) is 2.26. The van der Waals surface area contributed by atoms with Crippen LogP contribution in [0.2, 0.25) is 36.3 Å². The molecule has 1 aliphatic heterocycles. The Labute approximate surface area is 167 Å². The van der Waals surface area contributed by atoms with E-state index in [1.165, 1.54) is 0 Å². The first-order chi connectivity index (χ1) is 12.1. The van der Waals surface area contributed by atoms with Crippen molar-refractivity contribution in [3.05, 3.63) is 11.1 Å². The standard InChI is InChI=1S/C22H34O3Si2/c1-20(2,3)26(7,8)15-11-17-18(12-16-27(9,10)21(4,5)6)22(19(17)23)24-13-14-25-22/h13-14H2,1-10H3. The normalized spacial score (nSPS) is 20.0. The smallest absolute Gasteiger partial charge is 0.271 e. The Kier molecular flexibility index (Phi) is 5.54. The lowest BCUT2D eigenvalue weighted by atomic mass is 9.81. The molecule has 0 amide bonds. The molecule has 2 rings (SSSR count). The lowest BCUT2D eigenvalue weighted by Gasteiger charge is -2.36. The highest BCUT2D eigenvalue weighted by Crippen LogP contribution is 2.43. The topological polar surface area (TPSA) is 35.5 Å². The molecule has 0 aromatic rings. The highest BCUT2D eigenvalue weighted by Gasteiger charge is 2.58. The predicted molar refractivity (Wildman–Crippen MR) is 117 cm³/mol. The quantitative estimate of drug-likeness (QED) is 0.435. The van der Waals surface area contributed by atoms with Crippen LogP contribution in [0.15, 0.2) is 11.1 Å². The summed E-state index contributed by atoms with van der Waals surface area (Å²) in [5.41, 5.74) is 8.06. The molecule has 0 bridgehead atoms. The van der Waals surface area contributed by atoms with Gasteiger partial charge in [-0.15, -0.1) is 11.1 Å². The van der Waals surface area contributed by atoms with Gasteiger partial charge in [-0.25, -0.2) is 0 Å². The first-order valence-corrected chi connectivity index (χ1v) is 15.7. The van der Waals surface area contributed by atoms with Crippen LogP contribution in [0.1, 0.15) is 41.5 Å². The minimum absolute atomic E-state index is 0.137. The SMILES string of the molecule is CC(C)(C)[Si](C)(C)C#CC1=C(C#C[Si](C)(C)C(C)(C)C)C2(OCCO2)C1=O. The first kappa shape index (κ1) is 22.2. The largest absolute Gasteiger partial charge is 0.337 e. The van der Waals surface area contributed by atoms with Gasteiger partial charge in [-0.1, -0.05) is 79.6 Å². The molecule has 0 unspecified atom stereocenters. The minimum Gasteiger partial charge on any atom is -0.337 e. The average molecular weight is 403 g/mol. The number of rotatable bonds is 0. The van der Waals surface area contributed by atoms with Crippen molar-refractivity contribution < 1.29 is 14.3 Å². The summed E-state index contributed by atoms with van der Waals surface area (Å²) in [7, 11) is -3.63. The summed E-state index contributed by atoms with van der Waals surface area (Å²) in [5.74, 6) is 5.03. The number of carbonyl (C=O) groups excluding carboxylic acids is 1. The lowest BCUT2D eigenvalue weighted by Crippen LogP contribution is -2.51. The van der Waals surface area contributed by atoms with E-state index >= 15 is 0 Å². The van der Waals surface area contributed by atoms with Crippen LogP contribution in [-0.2, 0) is 14.3 Å². The van der Waals surface area contributed by atoms with Gasteiger partial charge in [0.05, 0.1) is 24.4 Å². The van der Waals surface area contributed by atoms with Gasteiger partial charge in [0.25, 0.3) is 5.79 Å². The first-order valence-electron chi connectivity index (χ1n) is 9.69. The molecule has 148 valence electrons. The number of carbonyl (C=O) groups is 1. The van der Waals surface area contributed by atoms with E-state index in [1.807, 2.05) is 0 Å². The van der Waals surface area contributed by atoms with E-state index in [4.69, 9.17) is 9.47 Å². The molecule has 3 nitrogen and oxygen atoms in total. The van der Waals surface area contributed by atoms with Gasteiger partial charge in [-0.3, -0.25) is 4.79 Å². The molecule has 27 heavy (non-hydrogen) atoms. The van der Waals surface area contributed by atoms with Crippen molar-refractivity contribution in [1.82, 2.24) is 0 Å². The molecule has 0 aromatic heterocycles. The van der Waals surface area contributed by atoms with E-state index < -0.39 is 21.9 Å². The zero-order valence-electron chi connectivity index (χ0n) is 18.6. The fourth-order valence-corrected chi connectivity index (χ4v) is 3.88. The van der Waals surface area contributed by atoms with Crippen molar-refractivity contribution in [2.45, 2.75) is 83.6 Å².